The second kappa shape index (κ2) is 8.85. The summed E-state index contributed by atoms with van der Waals surface area (Å²) in [6.45, 7) is 5.77. The summed E-state index contributed by atoms with van der Waals surface area (Å²) in [5.74, 6) is -0.698. The third kappa shape index (κ3) is 4.94. The zero-order valence-corrected chi connectivity index (χ0v) is 14.3. The molecule has 0 fully saturated rings. The summed E-state index contributed by atoms with van der Waals surface area (Å²) in [5, 5.41) is 11.1. The number of esters is 1. The van der Waals surface area contributed by atoms with Crippen LogP contribution >= 0.6 is 0 Å². The van der Waals surface area contributed by atoms with Gasteiger partial charge < -0.3 is 14.4 Å². The standard InChI is InChI=1S/C16H22N2O6/c1-5-24-15(19)8-9-17(11(2)3)16(20)12-6-7-14(23-4)13(10-12)18(21)22/h6-7,10-11H,5,8-9H2,1-4H3. The maximum Gasteiger partial charge on any atom is 0.311 e. The van der Waals surface area contributed by atoms with E-state index >= 15 is 0 Å². The molecule has 1 rings (SSSR count). The van der Waals surface area contributed by atoms with Gasteiger partial charge in [0.2, 0.25) is 0 Å². The van der Waals surface area contributed by atoms with Crippen LogP contribution in [0.4, 0.5) is 5.69 Å². The Bertz CT molecular complexity index is 615. The first-order chi connectivity index (χ1) is 11.3. The minimum absolute atomic E-state index is 0.0655. The van der Waals surface area contributed by atoms with Crippen molar-refractivity contribution in [1.82, 2.24) is 4.90 Å². The summed E-state index contributed by atoms with van der Waals surface area (Å²) >= 11 is 0. The Morgan fingerprint density at radius 3 is 2.50 bits per heavy atom. The first-order valence-electron chi connectivity index (χ1n) is 7.60. The Hall–Kier alpha value is -2.64. The largest absolute Gasteiger partial charge is 0.490 e. The molecule has 0 aliphatic carbocycles. The minimum Gasteiger partial charge on any atom is -0.490 e. The van der Waals surface area contributed by atoms with Gasteiger partial charge in [0, 0.05) is 24.2 Å². The van der Waals surface area contributed by atoms with Crippen molar-refractivity contribution >= 4 is 17.6 Å². The molecule has 0 heterocycles. The van der Waals surface area contributed by atoms with Gasteiger partial charge in [-0.05, 0) is 32.9 Å². The van der Waals surface area contributed by atoms with Crippen molar-refractivity contribution in [2.45, 2.75) is 33.2 Å². The summed E-state index contributed by atoms with van der Waals surface area (Å²) in [6.07, 6.45) is 0.0655. The van der Waals surface area contributed by atoms with Gasteiger partial charge in [-0.25, -0.2) is 0 Å². The van der Waals surface area contributed by atoms with Crippen LogP contribution in [0.25, 0.3) is 0 Å². The van der Waals surface area contributed by atoms with E-state index < -0.39 is 10.9 Å². The Morgan fingerprint density at radius 2 is 2.00 bits per heavy atom. The van der Waals surface area contributed by atoms with Crippen molar-refractivity contribution in [2.75, 3.05) is 20.3 Å². The van der Waals surface area contributed by atoms with Gasteiger partial charge in [0.15, 0.2) is 5.75 Å². The zero-order chi connectivity index (χ0) is 18.3. The molecule has 8 nitrogen and oxygen atoms in total. The highest BCUT2D eigenvalue weighted by Crippen LogP contribution is 2.28. The number of hydrogen-bond donors (Lipinski definition) is 0. The summed E-state index contributed by atoms with van der Waals surface area (Å²) in [7, 11) is 1.32. The molecule has 8 heteroatoms. The molecule has 0 atom stereocenters. The van der Waals surface area contributed by atoms with Crippen molar-refractivity contribution in [1.29, 1.82) is 0 Å². The summed E-state index contributed by atoms with van der Waals surface area (Å²) < 4.78 is 9.78. The number of ether oxygens (including phenoxy) is 2. The van der Waals surface area contributed by atoms with E-state index in [-0.39, 0.29) is 48.5 Å². The topological polar surface area (TPSA) is 99.0 Å². The molecule has 24 heavy (non-hydrogen) atoms. The number of carbonyl (C=O) groups excluding carboxylic acids is 2. The summed E-state index contributed by atoms with van der Waals surface area (Å²) in [6, 6.07) is 3.86. The molecule has 0 bridgehead atoms. The number of benzene rings is 1. The molecule has 0 N–H and O–H groups in total. The van der Waals surface area contributed by atoms with Crippen molar-refractivity contribution in [2.24, 2.45) is 0 Å². The number of amides is 1. The highest BCUT2D eigenvalue weighted by Gasteiger charge is 2.23. The van der Waals surface area contributed by atoms with E-state index in [1.54, 1.807) is 20.8 Å². The van der Waals surface area contributed by atoms with Crippen molar-refractivity contribution < 1.29 is 24.0 Å². The van der Waals surface area contributed by atoms with Gasteiger partial charge in [0.05, 0.1) is 25.1 Å². The van der Waals surface area contributed by atoms with Gasteiger partial charge in [-0.1, -0.05) is 0 Å². The van der Waals surface area contributed by atoms with Crippen LogP contribution < -0.4 is 4.74 Å². The van der Waals surface area contributed by atoms with E-state index in [0.29, 0.717) is 0 Å². The van der Waals surface area contributed by atoms with Gasteiger partial charge in [-0.2, -0.15) is 0 Å². The molecule has 1 aromatic carbocycles. The van der Waals surface area contributed by atoms with Gasteiger partial charge in [-0.3, -0.25) is 19.7 Å². The lowest BCUT2D eigenvalue weighted by molar-refractivity contribution is -0.385. The zero-order valence-electron chi connectivity index (χ0n) is 14.3. The van der Waals surface area contributed by atoms with Gasteiger partial charge in [-0.15, -0.1) is 0 Å². The normalized spacial score (nSPS) is 10.4. The lowest BCUT2D eigenvalue weighted by Gasteiger charge is -2.26. The maximum absolute atomic E-state index is 12.6. The van der Waals surface area contributed by atoms with E-state index in [9.17, 15) is 19.7 Å². The maximum atomic E-state index is 12.6. The fraction of sp³-hybridized carbons (Fsp3) is 0.500. The molecule has 0 saturated carbocycles. The van der Waals surface area contributed by atoms with Gasteiger partial charge >= 0.3 is 11.7 Å². The van der Waals surface area contributed by atoms with Gasteiger partial charge in [0.25, 0.3) is 5.91 Å². The summed E-state index contributed by atoms with van der Waals surface area (Å²) in [5.41, 5.74) is -0.113. The quantitative estimate of drug-likeness (QED) is 0.410. The van der Waals surface area contributed by atoms with Crippen molar-refractivity contribution in [3.63, 3.8) is 0 Å². The van der Waals surface area contributed by atoms with Crippen LogP contribution in [0.1, 0.15) is 37.6 Å². The number of nitro groups is 1. The Kier molecular flexibility index (Phi) is 7.16. The van der Waals surface area contributed by atoms with Crippen molar-refractivity contribution in [3.8, 4) is 5.75 Å². The van der Waals surface area contributed by atoms with Crippen molar-refractivity contribution in [3.05, 3.63) is 33.9 Å². The Labute approximate surface area is 140 Å². The molecular formula is C16H22N2O6. The van der Waals surface area contributed by atoms with E-state index in [4.69, 9.17) is 9.47 Å². The van der Waals surface area contributed by atoms with Crippen LogP contribution in [0.2, 0.25) is 0 Å². The molecule has 1 aromatic rings. The molecule has 1 amide bonds. The molecule has 0 spiro atoms. The van der Waals surface area contributed by atoms with Gasteiger partial charge in [0.1, 0.15) is 0 Å². The predicted molar refractivity (Wildman–Crippen MR) is 87.1 cm³/mol. The van der Waals surface area contributed by atoms with E-state index in [1.807, 2.05) is 0 Å². The van der Waals surface area contributed by atoms with E-state index in [2.05, 4.69) is 0 Å². The number of rotatable bonds is 8. The predicted octanol–water partition coefficient (Wildman–Crippen LogP) is 2.41. The van der Waals surface area contributed by atoms with Crippen LogP contribution in [0.15, 0.2) is 18.2 Å². The van der Waals surface area contributed by atoms with Crippen LogP contribution in [0.5, 0.6) is 5.75 Å². The van der Waals surface area contributed by atoms with Crippen LogP contribution in [0, 0.1) is 10.1 Å². The molecule has 0 unspecified atom stereocenters. The minimum atomic E-state index is -0.603. The highest BCUT2D eigenvalue weighted by atomic mass is 16.6. The molecule has 0 aliphatic rings. The number of methoxy groups -OCH3 is 1. The van der Waals surface area contributed by atoms with Crippen LogP contribution in [-0.2, 0) is 9.53 Å². The van der Waals surface area contributed by atoms with E-state index in [0.717, 1.165) is 0 Å². The fourth-order valence-corrected chi connectivity index (χ4v) is 2.17. The second-order valence-electron chi connectivity index (χ2n) is 5.29. The molecular weight excluding hydrogens is 316 g/mol. The number of carbonyl (C=O) groups is 2. The molecule has 132 valence electrons. The second-order valence-corrected chi connectivity index (χ2v) is 5.29. The Morgan fingerprint density at radius 1 is 1.33 bits per heavy atom. The van der Waals surface area contributed by atoms with Crippen LogP contribution in [-0.4, -0.2) is 48.0 Å². The SMILES string of the molecule is CCOC(=O)CCN(C(=O)c1ccc(OC)c([N+](=O)[O-])c1)C(C)C. The van der Waals surface area contributed by atoms with E-state index in [1.165, 1.54) is 30.2 Å². The molecule has 0 aromatic heterocycles. The third-order valence-electron chi connectivity index (χ3n) is 3.37. The monoisotopic (exact) mass is 338 g/mol. The highest BCUT2D eigenvalue weighted by molar-refractivity contribution is 5.95. The smallest absolute Gasteiger partial charge is 0.311 e. The molecule has 0 radical (unpaired) electrons. The number of nitro benzene ring substituents is 1. The first-order valence-corrected chi connectivity index (χ1v) is 7.60. The third-order valence-corrected chi connectivity index (χ3v) is 3.37. The average molecular weight is 338 g/mol. The molecule has 0 saturated heterocycles. The average Bonchev–Trinajstić information content (AvgIpc) is 2.54. The fourth-order valence-electron chi connectivity index (χ4n) is 2.17. The summed E-state index contributed by atoms with van der Waals surface area (Å²) in [4.78, 5) is 36.1. The Balaban J connectivity index is 3.00. The number of nitrogens with zero attached hydrogens (tertiary/aromatic N) is 2. The van der Waals surface area contributed by atoms with Crippen LogP contribution in [0.3, 0.4) is 0 Å². The molecule has 0 aliphatic heterocycles. The first kappa shape index (κ1) is 19.4. The number of hydrogen-bond acceptors (Lipinski definition) is 6. The lowest BCUT2D eigenvalue weighted by Crippen LogP contribution is -2.38. The lowest BCUT2D eigenvalue weighted by atomic mass is 10.1.